The van der Waals surface area contributed by atoms with Crippen molar-refractivity contribution in [1.82, 2.24) is 4.57 Å². The van der Waals surface area contributed by atoms with Gasteiger partial charge in [0.15, 0.2) is 0 Å². The lowest BCUT2D eigenvalue weighted by atomic mass is 10.1. The molecule has 0 spiro atoms. The Kier molecular flexibility index (Phi) is 5.69. The molecule has 1 heterocycles. The van der Waals surface area contributed by atoms with Gasteiger partial charge in [0.1, 0.15) is 17.2 Å². The monoisotopic (exact) mass is 428 g/mol. The first-order valence-corrected chi connectivity index (χ1v) is 10.1. The van der Waals surface area contributed by atoms with Crippen LogP contribution in [0.1, 0.15) is 16.7 Å². The van der Waals surface area contributed by atoms with Crippen LogP contribution in [0.25, 0.3) is 16.5 Å². The Bertz CT molecular complexity index is 1400. The van der Waals surface area contributed by atoms with Gasteiger partial charge < -0.3 is 14.6 Å². The van der Waals surface area contributed by atoms with E-state index < -0.39 is 0 Å². The first-order valence-electron chi connectivity index (χ1n) is 10.1. The molecular formula is C26H24N2O4. The predicted octanol–water partition coefficient (Wildman–Crippen LogP) is 5.08. The number of aryl methyl sites for hydroxylation is 2. The molecule has 4 rings (SSSR count). The van der Waals surface area contributed by atoms with Gasteiger partial charge in [0, 0.05) is 23.1 Å². The highest BCUT2D eigenvalue weighted by Gasteiger charge is 2.17. The molecule has 0 aliphatic heterocycles. The molecule has 0 saturated carbocycles. The van der Waals surface area contributed by atoms with E-state index in [0.717, 1.165) is 11.1 Å². The maximum atomic E-state index is 13.3. The average Bonchev–Trinajstić information content (AvgIpc) is 2.81. The Morgan fingerprint density at radius 1 is 0.906 bits per heavy atom. The minimum Gasteiger partial charge on any atom is -0.497 e. The van der Waals surface area contributed by atoms with Crippen LogP contribution in [-0.4, -0.2) is 30.1 Å². The van der Waals surface area contributed by atoms with E-state index >= 15 is 0 Å². The molecule has 32 heavy (non-hydrogen) atoms. The summed E-state index contributed by atoms with van der Waals surface area (Å²) in [7, 11) is 3.14. The number of hydrogen-bond donors (Lipinski definition) is 1. The highest BCUT2D eigenvalue weighted by atomic mass is 16.5. The van der Waals surface area contributed by atoms with Crippen molar-refractivity contribution < 1.29 is 14.6 Å². The number of nitrogens with zero attached hydrogens (tertiary/aromatic N) is 2. The summed E-state index contributed by atoms with van der Waals surface area (Å²) in [5, 5.41) is 12.3. The van der Waals surface area contributed by atoms with Crippen molar-refractivity contribution >= 4 is 22.7 Å². The summed E-state index contributed by atoms with van der Waals surface area (Å²) < 4.78 is 12.0. The predicted molar refractivity (Wildman–Crippen MR) is 127 cm³/mol. The number of fused-ring (bicyclic) bond motifs is 1. The smallest absolute Gasteiger partial charge is 0.265 e. The molecule has 0 fully saturated rings. The molecule has 6 heteroatoms. The molecule has 0 unspecified atom stereocenters. The van der Waals surface area contributed by atoms with Crippen molar-refractivity contribution in [2.45, 2.75) is 13.8 Å². The van der Waals surface area contributed by atoms with Gasteiger partial charge in [0.25, 0.3) is 5.56 Å². The fraction of sp³-hybridized carbons (Fsp3) is 0.154. The van der Waals surface area contributed by atoms with Gasteiger partial charge >= 0.3 is 0 Å². The Morgan fingerprint density at radius 3 is 2.34 bits per heavy atom. The third-order valence-electron chi connectivity index (χ3n) is 5.57. The SMILES string of the molecule is COc1ccc(N=Cc2c(O)n(-c3ccc(C)c(C)c3)c(=O)c3ccccc23)c(OC)c1. The van der Waals surface area contributed by atoms with E-state index in [1.165, 1.54) is 4.57 Å². The van der Waals surface area contributed by atoms with Crippen LogP contribution in [0.3, 0.4) is 0 Å². The van der Waals surface area contributed by atoms with Crippen molar-refractivity contribution in [2.24, 2.45) is 4.99 Å². The number of aliphatic imine (C=N–C) groups is 1. The quantitative estimate of drug-likeness (QED) is 0.450. The third kappa shape index (κ3) is 3.71. The van der Waals surface area contributed by atoms with Crippen LogP contribution >= 0.6 is 0 Å². The van der Waals surface area contributed by atoms with Gasteiger partial charge in [-0.05, 0) is 55.3 Å². The second-order valence-electron chi connectivity index (χ2n) is 7.49. The van der Waals surface area contributed by atoms with Crippen LogP contribution in [0.15, 0.2) is 70.5 Å². The number of pyridine rings is 1. The van der Waals surface area contributed by atoms with E-state index in [4.69, 9.17) is 9.47 Å². The second-order valence-corrected chi connectivity index (χ2v) is 7.49. The largest absolute Gasteiger partial charge is 0.497 e. The Morgan fingerprint density at radius 2 is 1.66 bits per heavy atom. The summed E-state index contributed by atoms with van der Waals surface area (Å²) in [6.45, 7) is 3.97. The summed E-state index contributed by atoms with van der Waals surface area (Å²) in [6, 6.07) is 18.1. The summed E-state index contributed by atoms with van der Waals surface area (Å²) >= 11 is 0. The molecule has 3 aromatic carbocycles. The molecule has 6 nitrogen and oxygen atoms in total. The van der Waals surface area contributed by atoms with Crippen LogP contribution in [-0.2, 0) is 0 Å². The standard InChI is InChI=1S/C26H24N2O4/c1-16-9-10-18(13-17(16)2)28-25(29)21-8-6-5-7-20(21)22(26(28)30)15-27-23-12-11-19(31-3)14-24(23)32-4/h5-15,30H,1-4H3. The minimum absolute atomic E-state index is 0.173. The molecule has 0 amide bonds. The molecule has 0 radical (unpaired) electrons. The molecule has 4 aromatic rings. The zero-order valence-corrected chi connectivity index (χ0v) is 18.4. The first kappa shape index (κ1) is 21.2. The van der Waals surface area contributed by atoms with Crippen molar-refractivity contribution in [3.8, 4) is 23.1 Å². The van der Waals surface area contributed by atoms with Crippen molar-refractivity contribution in [3.05, 3.63) is 87.7 Å². The van der Waals surface area contributed by atoms with E-state index in [0.29, 0.717) is 39.2 Å². The van der Waals surface area contributed by atoms with Gasteiger partial charge in [-0.25, -0.2) is 4.57 Å². The molecular weight excluding hydrogens is 404 g/mol. The van der Waals surface area contributed by atoms with E-state index in [1.807, 2.05) is 38.1 Å². The number of ether oxygens (including phenoxy) is 2. The van der Waals surface area contributed by atoms with Gasteiger partial charge in [-0.3, -0.25) is 9.79 Å². The van der Waals surface area contributed by atoms with E-state index in [-0.39, 0.29) is 11.4 Å². The Balaban J connectivity index is 1.95. The van der Waals surface area contributed by atoms with Crippen LogP contribution in [0, 0.1) is 13.8 Å². The zero-order chi connectivity index (χ0) is 22.8. The molecule has 0 bridgehead atoms. The molecule has 1 aromatic heterocycles. The summed E-state index contributed by atoms with van der Waals surface area (Å²) in [6.07, 6.45) is 1.55. The van der Waals surface area contributed by atoms with Gasteiger partial charge in [-0.15, -0.1) is 0 Å². The molecule has 0 saturated heterocycles. The zero-order valence-electron chi connectivity index (χ0n) is 18.4. The van der Waals surface area contributed by atoms with Crippen molar-refractivity contribution in [2.75, 3.05) is 14.2 Å². The van der Waals surface area contributed by atoms with E-state index in [1.54, 1.807) is 56.8 Å². The number of benzene rings is 3. The van der Waals surface area contributed by atoms with Crippen LogP contribution < -0.4 is 15.0 Å². The summed E-state index contributed by atoms with van der Waals surface area (Å²) in [5.41, 5.74) is 3.45. The fourth-order valence-electron chi connectivity index (χ4n) is 3.62. The highest BCUT2D eigenvalue weighted by Crippen LogP contribution is 2.32. The van der Waals surface area contributed by atoms with Gasteiger partial charge in [-0.2, -0.15) is 0 Å². The summed E-state index contributed by atoms with van der Waals surface area (Å²) in [5.74, 6) is 1.01. The topological polar surface area (TPSA) is 73.0 Å². The normalized spacial score (nSPS) is 11.2. The Labute approximate surface area is 186 Å². The lowest BCUT2D eigenvalue weighted by Gasteiger charge is -2.15. The molecule has 1 N–H and O–H groups in total. The Hall–Kier alpha value is -4.06. The number of aromatic hydroxyl groups is 1. The maximum Gasteiger partial charge on any atom is 0.265 e. The number of methoxy groups -OCH3 is 2. The maximum absolute atomic E-state index is 13.3. The molecule has 162 valence electrons. The molecule has 0 aliphatic rings. The lowest BCUT2D eigenvalue weighted by Crippen LogP contribution is -2.20. The third-order valence-corrected chi connectivity index (χ3v) is 5.57. The van der Waals surface area contributed by atoms with Crippen molar-refractivity contribution in [3.63, 3.8) is 0 Å². The van der Waals surface area contributed by atoms with Crippen LogP contribution in [0.4, 0.5) is 5.69 Å². The minimum atomic E-state index is -0.291. The lowest BCUT2D eigenvalue weighted by molar-refractivity contribution is 0.395. The van der Waals surface area contributed by atoms with Gasteiger partial charge in [0.2, 0.25) is 5.88 Å². The van der Waals surface area contributed by atoms with E-state index in [2.05, 4.69) is 4.99 Å². The van der Waals surface area contributed by atoms with Crippen molar-refractivity contribution in [1.29, 1.82) is 0 Å². The number of rotatable bonds is 5. The van der Waals surface area contributed by atoms with Crippen LogP contribution in [0.5, 0.6) is 17.4 Å². The summed E-state index contributed by atoms with van der Waals surface area (Å²) in [4.78, 5) is 17.8. The number of aromatic nitrogens is 1. The van der Waals surface area contributed by atoms with Gasteiger partial charge in [-0.1, -0.05) is 24.3 Å². The molecule has 0 aliphatic carbocycles. The average molecular weight is 428 g/mol. The van der Waals surface area contributed by atoms with E-state index in [9.17, 15) is 9.90 Å². The van der Waals surface area contributed by atoms with Crippen LogP contribution in [0.2, 0.25) is 0 Å². The van der Waals surface area contributed by atoms with Gasteiger partial charge in [0.05, 0.1) is 25.5 Å². The second kappa shape index (κ2) is 8.59. The first-order chi connectivity index (χ1) is 15.4. The highest BCUT2D eigenvalue weighted by molar-refractivity contribution is 6.02. The molecule has 0 atom stereocenters. The number of hydrogen-bond acceptors (Lipinski definition) is 5. The fourth-order valence-corrected chi connectivity index (χ4v) is 3.62.